The molecule has 6 rings (SSSR count). The van der Waals surface area contributed by atoms with Gasteiger partial charge in [0.1, 0.15) is 0 Å². The fraction of sp³-hybridized carbons (Fsp3) is 0.613. The standard InChI is InChI=1S/C31H38F3N5O3/c1-20(40)36-13-8-22(9-14-36)29(41)37-16-11-24(12-17-37)39-28(21-6-7-21)26(18-35-39)30(42)38-15-10-23(19-38)25-4-2-3-5-27(25)31(32,33)34/h2-5,18,21-24H,6-17,19H2,1H3/t23-/m1/s1. The third kappa shape index (κ3) is 5.66. The lowest BCUT2D eigenvalue weighted by molar-refractivity contribution is -0.141. The minimum absolute atomic E-state index is 0.0412. The molecule has 1 aliphatic carbocycles. The quantitative estimate of drug-likeness (QED) is 0.504. The summed E-state index contributed by atoms with van der Waals surface area (Å²) in [6, 6.07) is 5.77. The van der Waals surface area contributed by atoms with E-state index in [4.69, 9.17) is 0 Å². The molecule has 0 bridgehead atoms. The molecule has 1 saturated carbocycles. The minimum Gasteiger partial charge on any atom is -0.343 e. The molecule has 3 aliphatic heterocycles. The van der Waals surface area contributed by atoms with Crippen LogP contribution in [-0.4, -0.2) is 81.5 Å². The van der Waals surface area contributed by atoms with Crippen LogP contribution in [0.5, 0.6) is 0 Å². The highest BCUT2D eigenvalue weighted by atomic mass is 19.4. The predicted octanol–water partition coefficient (Wildman–Crippen LogP) is 4.83. The molecule has 1 aromatic heterocycles. The molecule has 1 atom stereocenters. The molecule has 3 saturated heterocycles. The van der Waals surface area contributed by atoms with Gasteiger partial charge in [0, 0.05) is 63.9 Å². The summed E-state index contributed by atoms with van der Waals surface area (Å²) in [6.45, 7) is 4.76. The molecule has 0 radical (unpaired) electrons. The Morgan fingerprint density at radius 3 is 2.10 bits per heavy atom. The molecule has 2 aromatic rings. The Morgan fingerprint density at radius 1 is 0.810 bits per heavy atom. The van der Waals surface area contributed by atoms with Crippen LogP contribution < -0.4 is 0 Å². The van der Waals surface area contributed by atoms with Crippen LogP contribution in [0.2, 0.25) is 0 Å². The van der Waals surface area contributed by atoms with E-state index in [0.717, 1.165) is 37.4 Å². The summed E-state index contributed by atoms with van der Waals surface area (Å²) in [5.74, 6) is -0.0579. The third-order valence-corrected chi connectivity index (χ3v) is 9.62. The Balaban J connectivity index is 1.11. The van der Waals surface area contributed by atoms with E-state index in [0.29, 0.717) is 57.5 Å². The van der Waals surface area contributed by atoms with Crippen molar-refractivity contribution in [2.75, 3.05) is 39.3 Å². The normalized spacial score (nSPS) is 22.6. The van der Waals surface area contributed by atoms with Crippen molar-refractivity contribution in [3.63, 3.8) is 0 Å². The van der Waals surface area contributed by atoms with Gasteiger partial charge in [0.2, 0.25) is 11.8 Å². The minimum atomic E-state index is -4.43. The van der Waals surface area contributed by atoms with Crippen LogP contribution in [0.1, 0.15) is 96.9 Å². The maximum Gasteiger partial charge on any atom is 0.416 e. The van der Waals surface area contributed by atoms with E-state index in [-0.39, 0.29) is 53.6 Å². The first-order chi connectivity index (χ1) is 20.1. The Bertz CT molecular complexity index is 1340. The number of amides is 3. The molecule has 8 nitrogen and oxygen atoms in total. The maximum absolute atomic E-state index is 13.7. The summed E-state index contributed by atoms with van der Waals surface area (Å²) in [5.41, 5.74) is 1.14. The van der Waals surface area contributed by atoms with E-state index in [1.165, 1.54) is 12.1 Å². The van der Waals surface area contributed by atoms with Crippen LogP contribution >= 0.6 is 0 Å². The van der Waals surface area contributed by atoms with Gasteiger partial charge in [-0.2, -0.15) is 18.3 Å². The first-order valence-corrected chi connectivity index (χ1v) is 15.2. The lowest BCUT2D eigenvalue weighted by Gasteiger charge is -2.37. The molecule has 4 heterocycles. The number of carbonyl (C=O) groups excluding carboxylic acids is 3. The van der Waals surface area contributed by atoms with Gasteiger partial charge in [0.25, 0.3) is 5.91 Å². The van der Waals surface area contributed by atoms with Gasteiger partial charge in [-0.05, 0) is 56.6 Å². The zero-order chi connectivity index (χ0) is 29.6. The fourth-order valence-corrected chi connectivity index (χ4v) is 7.10. The number of aromatic nitrogens is 2. The molecular weight excluding hydrogens is 547 g/mol. The highest BCUT2D eigenvalue weighted by Gasteiger charge is 2.40. The van der Waals surface area contributed by atoms with Crippen molar-refractivity contribution < 1.29 is 27.6 Å². The van der Waals surface area contributed by atoms with Crippen molar-refractivity contribution in [3.8, 4) is 0 Å². The number of nitrogens with zero attached hydrogens (tertiary/aromatic N) is 5. The molecule has 42 heavy (non-hydrogen) atoms. The summed E-state index contributed by atoms with van der Waals surface area (Å²) >= 11 is 0. The molecular formula is C31H38F3N5O3. The van der Waals surface area contributed by atoms with E-state index in [2.05, 4.69) is 5.10 Å². The van der Waals surface area contributed by atoms with E-state index >= 15 is 0 Å². The highest BCUT2D eigenvalue weighted by molar-refractivity contribution is 5.95. The number of hydrogen-bond acceptors (Lipinski definition) is 4. The van der Waals surface area contributed by atoms with Crippen molar-refractivity contribution in [3.05, 3.63) is 52.8 Å². The van der Waals surface area contributed by atoms with Crippen LogP contribution in [-0.2, 0) is 15.8 Å². The van der Waals surface area contributed by atoms with E-state index in [9.17, 15) is 27.6 Å². The lowest BCUT2D eigenvalue weighted by atomic mass is 9.93. The number of rotatable bonds is 5. The number of piperidine rings is 2. The highest BCUT2D eigenvalue weighted by Crippen LogP contribution is 2.44. The number of carbonyl (C=O) groups is 3. The Kier molecular flexibility index (Phi) is 7.78. The van der Waals surface area contributed by atoms with Crippen molar-refractivity contribution >= 4 is 17.7 Å². The molecule has 0 N–H and O–H groups in total. The largest absolute Gasteiger partial charge is 0.416 e. The Morgan fingerprint density at radius 2 is 1.45 bits per heavy atom. The van der Waals surface area contributed by atoms with Crippen LogP contribution in [0.15, 0.2) is 30.5 Å². The summed E-state index contributed by atoms with van der Waals surface area (Å²) in [5, 5.41) is 4.68. The number of hydrogen-bond donors (Lipinski definition) is 0. The second-order valence-corrected chi connectivity index (χ2v) is 12.3. The topological polar surface area (TPSA) is 78.8 Å². The molecule has 4 fully saturated rings. The second kappa shape index (κ2) is 11.4. The van der Waals surface area contributed by atoms with Crippen LogP contribution in [0.4, 0.5) is 13.2 Å². The Hall–Kier alpha value is -3.37. The lowest BCUT2D eigenvalue weighted by Crippen LogP contribution is -2.46. The summed E-state index contributed by atoms with van der Waals surface area (Å²) in [6.07, 6.45) is 2.61. The zero-order valence-corrected chi connectivity index (χ0v) is 24.0. The van der Waals surface area contributed by atoms with E-state index < -0.39 is 11.7 Å². The smallest absolute Gasteiger partial charge is 0.343 e. The van der Waals surface area contributed by atoms with Gasteiger partial charge < -0.3 is 14.7 Å². The zero-order valence-electron chi connectivity index (χ0n) is 24.0. The summed E-state index contributed by atoms with van der Waals surface area (Å²) in [7, 11) is 0. The van der Waals surface area contributed by atoms with Gasteiger partial charge in [0.05, 0.1) is 29.1 Å². The van der Waals surface area contributed by atoms with Gasteiger partial charge in [-0.3, -0.25) is 19.1 Å². The average molecular weight is 586 g/mol. The van der Waals surface area contributed by atoms with Crippen LogP contribution in [0.25, 0.3) is 0 Å². The number of halogens is 3. The van der Waals surface area contributed by atoms with Gasteiger partial charge >= 0.3 is 6.18 Å². The first kappa shape index (κ1) is 28.7. The average Bonchev–Trinajstić information content (AvgIpc) is 3.53. The van der Waals surface area contributed by atoms with Crippen molar-refractivity contribution in [1.29, 1.82) is 0 Å². The molecule has 3 amide bonds. The van der Waals surface area contributed by atoms with Crippen molar-refractivity contribution in [1.82, 2.24) is 24.5 Å². The number of benzene rings is 1. The SMILES string of the molecule is CC(=O)N1CCC(C(=O)N2CCC(n3ncc(C(=O)N4CC[C@@H](c5ccccc5C(F)(F)F)C4)c3C3CC3)CC2)CC1. The van der Waals surface area contributed by atoms with Gasteiger partial charge in [-0.15, -0.1) is 0 Å². The predicted molar refractivity (Wildman–Crippen MR) is 149 cm³/mol. The monoisotopic (exact) mass is 585 g/mol. The van der Waals surface area contributed by atoms with Gasteiger partial charge in [-0.1, -0.05) is 18.2 Å². The molecule has 1 aromatic carbocycles. The van der Waals surface area contributed by atoms with Gasteiger partial charge in [0.15, 0.2) is 0 Å². The summed E-state index contributed by atoms with van der Waals surface area (Å²) < 4.78 is 42.9. The number of alkyl halides is 3. The van der Waals surface area contributed by atoms with Crippen molar-refractivity contribution in [2.24, 2.45) is 5.92 Å². The van der Waals surface area contributed by atoms with Gasteiger partial charge in [-0.25, -0.2) is 0 Å². The van der Waals surface area contributed by atoms with E-state index in [1.54, 1.807) is 29.0 Å². The first-order valence-electron chi connectivity index (χ1n) is 15.2. The summed E-state index contributed by atoms with van der Waals surface area (Å²) in [4.78, 5) is 44.0. The fourth-order valence-electron chi connectivity index (χ4n) is 7.10. The molecule has 226 valence electrons. The Labute approximate surface area is 243 Å². The third-order valence-electron chi connectivity index (χ3n) is 9.62. The molecule has 4 aliphatic rings. The van der Waals surface area contributed by atoms with E-state index in [1.807, 2.05) is 9.58 Å². The van der Waals surface area contributed by atoms with Crippen LogP contribution in [0, 0.1) is 5.92 Å². The molecule has 0 unspecified atom stereocenters. The van der Waals surface area contributed by atoms with Crippen LogP contribution in [0.3, 0.4) is 0 Å². The second-order valence-electron chi connectivity index (χ2n) is 12.3. The molecule has 11 heteroatoms. The van der Waals surface area contributed by atoms with Crippen molar-refractivity contribution in [2.45, 2.75) is 75.9 Å². The molecule has 0 spiro atoms. The maximum atomic E-state index is 13.7. The number of likely N-dealkylation sites (tertiary alicyclic amines) is 3.